The first kappa shape index (κ1) is 29.9. The second-order valence-electron chi connectivity index (χ2n) is 8.36. The zero-order valence-electron chi connectivity index (χ0n) is 21.3. The molecule has 0 aliphatic rings. The molecule has 0 radical (unpaired) electrons. The molecule has 2 N–H and O–H groups in total. The monoisotopic (exact) mass is 607 g/mol. The van der Waals surface area contributed by atoms with Gasteiger partial charge in [0.15, 0.2) is 11.0 Å². The first-order valence-corrected chi connectivity index (χ1v) is 13.4. The van der Waals surface area contributed by atoms with Crippen molar-refractivity contribution >= 4 is 40.9 Å². The standard InChI is InChI=1S/C27H22ClF4N5O3S/c1-2-40-19-11-9-17(10-12-19)34-23(38)15-41-26-36-35-22(14-33-25(39)24-20(28)7-4-8-21(24)29)37(26)18-6-3-5-16(13-18)27(30,31)32/h3-13H,2,14-15H2,1H3,(H,33,39)(H,34,38). The van der Waals surface area contributed by atoms with Gasteiger partial charge in [-0.25, -0.2) is 4.39 Å². The number of carbonyl (C=O) groups excluding carboxylic acids is 2. The molecule has 0 saturated heterocycles. The van der Waals surface area contributed by atoms with Gasteiger partial charge in [-0.1, -0.05) is 35.5 Å². The molecule has 14 heteroatoms. The number of carbonyl (C=O) groups is 2. The van der Waals surface area contributed by atoms with Crippen LogP contribution >= 0.6 is 23.4 Å². The summed E-state index contributed by atoms with van der Waals surface area (Å²) in [4.78, 5) is 25.2. The van der Waals surface area contributed by atoms with E-state index in [-0.39, 0.29) is 39.6 Å². The van der Waals surface area contributed by atoms with Crippen LogP contribution in [0.4, 0.5) is 23.2 Å². The Morgan fingerprint density at radius 1 is 1.05 bits per heavy atom. The first-order valence-electron chi connectivity index (χ1n) is 12.1. The minimum Gasteiger partial charge on any atom is -0.494 e. The van der Waals surface area contributed by atoms with Gasteiger partial charge in [0, 0.05) is 5.69 Å². The van der Waals surface area contributed by atoms with Crippen molar-refractivity contribution < 1.29 is 31.9 Å². The Balaban J connectivity index is 1.55. The molecular weight excluding hydrogens is 586 g/mol. The Labute approximate surface area is 241 Å². The fraction of sp³-hybridized carbons (Fsp3) is 0.185. The zero-order chi connectivity index (χ0) is 29.6. The molecule has 0 aliphatic carbocycles. The fourth-order valence-electron chi connectivity index (χ4n) is 3.68. The van der Waals surface area contributed by atoms with Crippen LogP contribution in [0.25, 0.3) is 5.69 Å². The number of nitrogens with one attached hydrogen (secondary N) is 2. The number of thioether (sulfide) groups is 1. The van der Waals surface area contributed by atoms with Gasteiger partial charge in [0.05, 0.1) is 40.7 Å². The highest BCUT2D eigenvalue weighted by atomic mass is 35.5. The quantitative estimate of drug-likeness (QED) is 0.166. The van der Waals surface area contributed by atoms with Gasteiger partial charge in [-0.2, -0.15) is 13.2 Å². The summed E-state index contributed by atoms with van der Waals surface area (Å²) in [5, 5.41) is 13.2. The van der Waals surface area contributed by atoms with Crippen molar-refractivity contribution in [1.29, 1.82) is 0 Å². The SMILES string of the molecule is CCOc1ccc(NC(=O)CSc2nnc(CNC(=O)c3c(F)cccc3Cl)n2-c2cccc(C(F)(F)F)c2)cc1. The number of ether oxygens (including phenoxy) is 1. The van der Waals surface area contributed by atoms with Gasteiger partial charge in [-0.05, 0) is 61.5 Å². The molecule has 4 rings (SSSR count). The van der Waals surface area contributed by atoms with Crippen LogP contribution in [0.2, 0.25) is 5.02 Å². The topological polar surface area (TPSA) is 98.1 Å². The smallest absolute Gasteiger partial charge is 0.416 e. The third-order valence-electron chi connectivity index (χ3n) is 5.51. The van der Waals surface area contributed by atoms with Gasteiger partial charge in [0.2, 0.25) is 5.91 Å². The van der Waals surface area contributed by atoms with Crippen molar-refractivity contribution in [3.05, 3.63) is 94.5 Å². The Kier molecular flexibility index (Phi) is 9.50. The van der Waals surface area contributed by atoms with Crippen molar-refractivity contribution in [2.24, 2.45) is 0 Å². The highest BCUT2D eigenvalue weighted by molar-refractivity contribution is 7.99. The molecule has 0 fully saturated rings. The van der Waals surface area contributed by atoms with Crippen LogP contribution in [-0.2, 0) is 17.5 Å². The Bertz CT molecular complexity index is 1530. The third kappa shape index (κ3) is 7.55. The summed E-state index contributed by atoms with van der Waals surface area (Å²) in [5.41, 5.74) is -0.734. The average Bonchev–Trinajstić information content (AvgIpc) is 3.34. The predicted molar refractivity (Wildman–Crippen MR) is 146 cm³/mol. The number of amides is 2. The molecule has 0 saturated carbocycles. The molecule has 4 aromatic rings. The molecule has 1 aromatic heterocycles. The molecule has 41 heavy (non-hydrogen) atoms. The highest BCUT2D eigenvalue weighted by Crippen LogP contribution is 2.32. The first-order chi connectivity index (χ1) is 19.6. The van der Waals surface area contributed by atoms with E-state index in [1.807, 2.05) is 6.92 Å². The van der Waals surface area contributed by atoms with Gasteiger partial charge < -0.3 is 15.4 Å². The molecule has 214 valence electrons. The zero-order valence-corrected chi connectivity index (χ0v) is 22.9. The minimum atomic E-state index is -4.62. The summed E-state index contributed by atoms with van der Waals surface area (Å²) in [6.07, 6.45) is -4.62. The number of halogens is 5. The molecule has 0 unspecified atom stereocenters. The van der Waals surface area contributed by atoms with Gasteiger partial charge in [0.1, 0.15) is 11.6 Å². The van der Waals surface area contributed by atoms with Crippen molar-refractivity contribution in [1.82, 2.24) is 20.1 Å². The van der Waals surface area contributed by atoms with Crippen LogP contribution in [0.1, 0.15) is 28.7 Å². The summed E-state index contributed by atoms with van der Waals surface area (Å²) in [7, 11) is 0. The maximum Gasteiger partial charge on any atom is 0.416 e. The second kappa shape index (κ2) is 13.0. The van der Waals surface area contributed by atoms with Crippen LogP contribution in [-0.4, -0.2) is 38.9 Å². The Morgan fingerprint density at radius 2 is 1.78 bits per heavy atom. The maximum absolute atomic E-state index is 14.2. The fourth-order valence-corrected chi connectivity index (χ4v) is 4.70. The van der Waals surface area contributed by atoms with Gasteiger partial charge >= 0.3 is 6.18 Å². The lowest BCUT2D eigenvalue weighted by Gasteiger charge is -2.14. The Hall–Kier alpha value is -4.10. The van der Waals surface area contributed by atoms with Crippen molar-refractivity contribution in [2.75, 3.05) is 17.7 Å². The number of aromatic nitrogens is 3. The van der Waals surface area contributed by atoms with Crippen molar-refractivity contribution in [3.8, 4) is 11.4 Å². The number of hydrogen-bond donors (Lipinski definition) is 2. The maximum atomic E-state index is 14.2. The van der Waals surface area contributed by atoms with Crippen LogP contribution in [0.3, 0.4) is 0 Å². The molecule has 1 heterocycles. The number of hydrogen-bond acceptors (Lipinski definition) is 6. The largest absolute Gasteiger partial charge is 0.494 e. The van der Waals surface area contributed by atoms with Crippen LogP contribution < -0.4 is 15.4 Å². The minimum absolute atomic E-state index is 0.0413. The molecule has 0 bridgehead atoms. The number of alkyl halides is 3. The van der Waals surface area contributed by atoms with E-state index in [4.69, 9.17) is 16.3 Å². The molecule has 2 amide bonds. The van der Waals surface area contributed by atoms with E-state index >= 15 is 0 Å². The average molecular weight is 608 g/mol. The molecule has 8 nitrogen and oxygen atoms in total. The van der Waals surface area contributed by atoms with Crippen LogP contribution in [0.5, 0.6) is 5.75 Å². The lowest BCUT2D eigenvalue weighted by Crippen LogP contribution is -2.26. The molecular formula is C27H22ClF4N5O3S. The predicted octanol–water partition coefficient (Wildman–Crippen LogP) is 6.14. The second-order valence-corrected chi connectivity index (χ2v) is 9.71. The molecule has 3 aromatic carbocycles. The van der Waals surface area contributed by atoms with Gasteiger partial charge in [-0.3, -0.25) is 14.2 Å². The van der Waals surface area contributed by atoms with E-state index in [0.717, 1.165) is 30.0 Å². The molecule has 0 aliphatic heterocycles. The van der Waals surface area contributed by atoms with E-state index < -0.39 is 29.4 Å². The summed E-state index contributed by atoms with van der Waals surface area (Å²) in [6, 6.07) is 14.9. The summed E-state index contributed by atoms with van der Waals surface area (Å²) < 4.78 is 61.2. The summed E-state index contributed by atoms with van der Waals surface area (Å²) >= 11 is 6.89. The van der Waals surface area contributed by atoms with Crippen molar-refractivity contribution in [2.45, 2.75) is 24.8 Å². The third-order valence-corrected chi connectivity index (χ3v) is 6.75. The summed E-state index contributed by atoms with van der Waals surface area (Å²) in [6.45, 7) is 2.02. The van der Waals surface area contributed by atoms with Crippen molar-refractivity contribution in [3.63, 3.8) is 0 Å². The van der Waals surface area contributed by atoms with E-state index in [1.165, 1.54) is 28.8 Å². The van der Waals surface area contributed by atoms with Gasteiger partial charge in [0.25, 0.3) is 5.91 Å². The molecule has 0 spiro atoms. The van der Waals surface area contributed by atoms with Crippen LogP contribution in [0, 0.1) is 5.82 Å². The highest BCUT2D eigenvalue weighted by Gasteiger charge is 2.31. The Morgan fingerprint density at radius 3 is 2.46 bits per heavy atom. The number of rotatable bonds is 10. The lowest BCUT2D eigenvalue weighted by molar-refractivity contribution is -0.137. The van der Waals surface area contributed by atoms with Crippen LogP contribution in [0.15, 0.2) is 71.9 Å². The number of nitrogens with zero attached hydrogens (tertiary/aromatic N) is 3. The molecule has 0 atom stereocenters. The van der Waals surface area contributed by atoms with E-state index in [9.17, 15) is 27.2 Å². The van der Waals surface area contributed by atoms with E-state index in [1.54, 1.807) is 24.3 Å². The van der Waals surface area contributed by atoms with Gasteiger partial charge in [-0.15, -0.1) is 10.2 Å². The van der Waals surface area contributed by atoms with E-state index in [0.29, 0.717) is 18.0 Å². The number of benzene rings is 3. The van der Waals surface area contributed by atoms with E-state index in [2.05, 4.69) is 20.8 Å². The lowest BCUT2D eigenvalue weighted by atomic mass is 10.2. The summed E-state index contributed by atoms with van der Waals surface area (Å²) in [5.74, 6) is -1.56. The normalized spacial score (nSPS) is 11.3. The number of anilines is 1.